The highest BCUT2D eigenvalue weighted by Gasteiger charge is 2.42. The summed E-state index contributed by atoms with van der Waals surface area (Å²) in [6.45, 7) is 2.44. The number of rotatable bonds is 2. The Morgan fingerprint density at radius 2 is 2.33 bits per heavy atom. The number of H-pyrrole nitrogens is 2. The summed E-state index contributed by atoms with van der Waals surface area (Å²) in [5.74, 6) is 1.06. The van der Waals surface area contributed by atoms with E-state index in [9.17, 15) is 9.90 Å². The van der Waals surface area contributed by atoms with E-state index >= 15 is 0 Å². The van der Waals surface area contributed by atoms with Crippen molar-refractivity contribution in [2.75, 3.05) is 13.1 Å². The van der Waals surface area contributed by atoms with Gasteiger partial charge in [-0.2, -0.15) is 5.10 Å². The summed E-state index contributed by atoms with van der Waals surface area (Å²) in [7, 11) is 0. The molecule has 1 aromatic heterocycles. The number of nitrogens with zero attached hydrogens (tertiary/aromatic N) is 2. The monoisotopic (exact) mass is 252 g/mol. The topological polar surface area (TPSA) is 85.0 Å². The van der Waals surface area contributed by atoms with E-state index in [1.807, 2.05) is 0 Å². The smallest absolute Gasteiger partial charge is 0.340 e. The number of hydrogen-bond donors (Lipinski definition) is 3. The maximum Gasteiger partial charge on any atom is 0.340 e. The Morgan fingerprint density at radius 3 is 3.11 bits per heavy atom. The van der Waals surface area contributed by atoms with Crippen LogP contribution in [0.4, 0.5) is 0 Å². The summed E-state index contributed by atoms with van der Waals surface area (Å²) < 4.78 is 0. The van der Waals surface area contributed by atoms with E-state index in [2.05, 4.69) is 20.1 Å². The molecule has 18 heavy (non-hydrogen) atoms. The molecule has 2 aliphatic rings. The minimum Gasteiger partial charge on any atom is -0.390 e. The van der Waals surface area contributed by atoms with Gasteiger partial charge in [0.25, 0.3) is 0 Å². The minimum absolute atomic E-state index is 0.254. The lowest BCUT2D eigenvalue weighted by atomic mass is 9.71. The van der Waals surface area contributed by atoms with Crippen molar-refractivity contribution >= 4 is 0 Å². The Balaban J connectivity index is 1.65. The van der Waals surface area contributed by atoms with E-state index in [0.29, 0.717) is 18.3 Å². The molecule has 3 rings (SSSR count). The molecule has 2 fully saturated rings. The van der Waals surface area contributed by atoms with Crippen molar-refractivity contribution in [1.82, 2.24) is 20.1 Å². The Bertz CT molecular complexity index is 469. The number of hydrogen-bond acceptors (Lipinski definition) is 4. The fourth-order valence-corrected chi connectivity index (χ4v) is 3.38. The predicted octanol–water partition coefficient (Wildman–Crippen LogP) is 0.225. The van der Waals surface area contributed by atoms with Gasteiger partial charge in [0, 0.05) is 19.0 Å². The molecule has 2 unspecified atom stereocenters. The third kappa shape index (κ3) is 2.22. The molecule has 0 aromatic carbocycles. The van der Waals surface area contributed by atoms with Crippen LogP contribution in [0.2, 0.25) is 0 Å². The van der Waals surface area contributed by atoms with Crippen LogP contribution in [0.15, 0.2) is 4.79 Å². The number of nitrogens with one attached hydrogen (secondary N) is 2. The first-order chi connectivity index (χ1) is 8.66. The SMILES string of the molecule is O=c1[nH]nc(CN2CCC3(O)CCCCC3C2)[nH]1. The fraction of sp³-hybridized carbons (Fsp3) is 0.833. The molecule has 0 bridgehead atoms. The van der Waals surface area contributed by atoms with E-state index in [1.54, 1.807) is 0 Å². The second-order valence-electron chi connectivity index (χ2n) is 5.66. The van der Waals surface area contributed by atoms with Crippen molar-refractivity contribution in [3.63, 3.8) is 0 Å². The highest BCUT2D eigenvalue weighted by atomic mass is 16.3. The lowest BCUT2D eigenvalue weighted by Crippen LogP contribution is -2.53. The largest absolute Gasteiger partial charge is 0.390 e. The summed E-state index contributed by atoms with van der Waals surface area (Å²) >= 11 is 0. The summed E-state index contributed by atoms with van der Waals surface area (Å²) in [6.07, 6.45) is 5.28. The Labute approximate surface area is 105 Å². The lowest BCUT2D eigenvalue weighted by Gasteiger charge is -2.47. The third-order valence-electron chi connectivity index (χ3n) is 4.44. The molecule has 1 saturated heterocycles. The van der Waals surface area contributed by atoms with Gasteiger partial charge >= 0.3 is 5.69 Å². The number of likely N-dealkylation sites (tertiary alicyclic amines) is 1. The van der Waals surface area contributed by atoms with Crippen LogP contribution in [0.3, 0.4) is 0 Å². The van der Waals surface area contributed by atoms with Crippen molar-refractivity contribution < 1.29 is 5.11 Å². The van der Waals surface area contributed by atoms with Gasteiger partial charge in [0.1, 0.15) is 5.82 Å². The summed E-state index contributed by atoms with van der Waals surface area (Å²) in [4.78, 5) is 15.9. The standard InChI is InChI=1S/C12H20N4O2/c17-11-13-10(14-15-11)8-16-6-5-12(18)4-2-1-3-9(12)7-16/h9,18H,1-8H2,(H2,13,14,15,17). The zero-order chi connectivity index (χ0) is 12.6. The number of piperidine rings is 1. The maximum atomic E-state index is 11.0. The first kappa shape index (κ1) is 11.9. The van der Waals surface area contributed by atoms with Crippen LogP contribution in [0.5, 0.6) is 0 Å². The summed E-state index contributed by atoms with van der Waals surface area (Å²) in [5, 5.41) is 16.9. The first-order valence-corrected chi connectivity index (χ1v) is 6.74. The normalized spacial score (nSPS) is 33.3. The number of aromatic amines is 2. The van der Waals surface area contributed by atoms with Crippen LogP contribution in [0.25, 0.3) is 0 Å². The van der Waals surface area contributed by atoms with Crippen LogP contribution >= 0.6 is 0 Å². The van der Waals surface area contributed by atoms with Gasteiger partial charge < -0.3 is 5.11 Å². The Morgan fingerprint density at radius 1 is 1.44 bits per heavy atom. The number of fused-ring (bicyclic) bond motifs is 1. The molecule has 6 heteroatoms. The molecule has 0 amide bonds. The summed E-state index contributed by atoms with van der Waals surface area (Å²) in [5.41, 5.74) is -0.690. The zero-order valence-electron chi connectivity index (χ0n) is 10.5. The second kappa shape index (κ2) is 4.51. The average molecular weight is 252 g/mol. The lowest BCUT2D eigenvalue weighted by molar-refractivity contribution is -0.0971. The minimum atomic E-state index is -0.437. The van der Waals surface area contributed by atoms with Gasteiger partial charge in [0.05, 0.1) is 12.1 Å². The maximum absolute atomic E-state index is 11.0. The molecule has 6 nitrogen and oxygen atoms in total. The second-order valence-corrected chi connectivity index (χ2v) is 5.66. The van der Waals surface area contributed by atoms with E-state index in [0.717, 1.165) is 38.8 Å². The van der Waals surface area contributed by atoms with Crippen molar-refractivity contribution in [2.45, 2.75) is 44.2 Å². The van der Waals surface area contributed by atoms with Crippen LogP contribution in [-0.4, -0.2) is 43.9 Å². The average Bonchev–Trinajstić information content (AvgIpc) is 2.75. The Kier molecular flexibility index (Phi) is 2.99. The molecule has 2 heterocycles. The fourth-order valence-electron chi connectivity index (χ4n) is 3.38. The van der Waals surface area contributed by atoms with E-state index in [4.69, 9.17) is 0 Å². The van der Waals surface area contributed by atoms with Crippen molar-refractivity contribution in [3.8, 4) is 0 Å². The molecular formula is C12H20N4O2. The third-order valence-corrected chi connectivity index (χ3v) is 4.44. The number of aromatic nitrogens is 3. The highest BCUT2D eigenvalue weighted by Crippen LogP contribution is 2.39. The molecule has 0 radical (unpaired) electrons. The van der Waals surface area contributed by atoms with Crippen molar-refractivity contribution in [1.29, 1.82) is 0 Å². The first-order valence-electron chi connectivity index (χ1n) is 6.74. The molecule has 1 aromatic rings. The summed E-state index contributed by atoms with van der Waals surface area (Å²) in [6, 6.07) is 0. The van der Waals surface area contributed by atoms with Gasteiger partial charge in [0.15, 0.2) is 0 Å². The van der Waals surface area contributed by atoms with E-state index in [-0.39, 0.29) is 5.69 Å². The van der Waals surface area contributed by atoms with Gasteiger partial charge in [0.2, 0.25) is 0 Å². The quantitative estimate of drug-likeness (QED) is 0.703. The van der Waals surface area contributed by atoms with Gasteiger partial charge in [-0.15, -0.1) is 0 Å². The molecule has 100 valence electrons. The number of aliphatic hydroxyl groups is 1. The van der Waals surface area contributed by atoms with Crippen LogP contribution in [-0.2, 0) is 6.54 Å². The molecular weight excluding hydrogens is 232 g/mol. The molecule has 0 spiro atoms. The highest BCUT2D eigenvalue weighted by molar-refractivity contribution is 4.96. The van der Waals surface area contributed by atoms with Gasteiger partial charge in [-0.3, -0.25) is 9.88 Å². The molecule has 3 N–H and O–H groups in total. The zero-order valence-corrected chi connectivity index (χ0v) is 10.5. The predicted molar refractivity (Wildman–Crippen MR) is 66.0 cm³/mol. The van der Waals surface area contributed by atoms with Crippen molar-refractivity contribution in [3.05, 3.63) is 16.3 Å². The van der Waals surface area contributed by atoms with Gasteiger partial charge in [-0.1, -0.05) is 12.8 Å². The molecule has 1 aliphatic heterocycles. The van der Waals surface area contributed by atoms with E-state index < -0.39 is 5.60 Å². The van der Waals surface area contributed by atoms with E-state index in [1.165, 1.54) is 6.42 Å². The van der Waals surface area contributed by atoms with Gasteiger partial charge in [-0.05, 0) is 19.3 Å². The molecule has 1 aliphatic carbocycles. The van der Waals surface area contributed by atoms with Crippen molar-refractivity contribution in [2.24, 2.45) is 5.92 Å². The molecule has 2 atom stereocenters. The van der Waals surface area contributed by atoms with Crippen LogP contribution in [0, 0.1) is 5.92 Å². The molecule has 1 saturated carbocycles. The van der Waals surface area contributed by atoms with Crippen LogP contribution < -0.4 is 5.69 Å². The van der Waals surface area contributed by atoms with Gasteiger partial charge in [-0.25, -0.2) is 9.89 Å². The van der Waals surface area contributed by atoms with Crippen LogP contribution in [0.1, 0.15) is 37.9 Å². The Hall–Kier alpha value is -1.14.